The summed E-state index contributed by atoms with van der Waals surface area (Å²) in [5, 5.41) is 14.4. The summed E-state index contributed by atoms with van der Waals surface area (Å²) in [6, 6.07) is 5.11. The van der Waals surface area contributed by atoms with E-state index < -0.39 is 0 Å². The van der Waals surface area contributed by atoms with E-state index in [9.17, 15) is 9.59 Å². The Bertz CT molecular complexity index is 892. The van der Waals surface area contributed by atoms with Crippen LogP contribution in [0.25, 0.3) is 11.3 Å². The monoisotopic (exact) mass is 414 g/mol. The number of nitriles is 1. The van der Waals surface area contributed by atoms with Gasteiger partial charge in [-0.05, 0) is 31.9 Å². The van der Waals surface area contributed by atoms with E-state index in [4.69, 9.17) is 10.1 Å². The molecule has 0 spiro atoms. The van der Waals surface area contributed by atoms with Gasteiger partial charge in [0.25, 0.3) is 0 Å². The molecule has 1 aliphatic rings. The molecule has 3 heterocycles. The highest BCUT2D eigenvalue weighted by Crippen LogP contribution is 2.22. The van der Waals surface area contributed by atoms with Crippen LogP contribution in [0.4, 0.5) is 4.79 Å². The zero-order chi connectivity index (χ0) is 20.6. The van der Waals surface area contributed by atoms with Crippen molar-refractivity contribution in [1.82, 2.24) is 25.7 Å². The second-order valence-electron chi connectivity index (χ2n) is 6.51. The standard InChI is InChI=1S/C19H22N6O3S/c1-2-28-24-19(27)25-7-3-4-14(11-25)18(26)22-10-17-23-16(12-29-17)13-5-6-15(8-20)21-9-13/h5-6,9,12,14H,2-4,7,10-11H2,1H3,(H,22,26)(H,24,27). The topological polar surface area (TPSA) is 120 Å². The van der Waals surface area contributed by atoms with Crippen LogP contribution < -0.4 is 10.8 Å². The first kappa shape index (κ1) is 20.7. The van der Waals surface area contributed by atoms with Crippen molar-refractivity contribution in [3.05, 3.63) is 34.4 Å². The summed E-state index contributed by atoms with van der Waals surface area (Å²) < 4.78 is 0. The number of aromatic nitrogens is 2. The normalized spacial score (nSPS) is 16.1. The Balaban J connectivity index is 1.52. The Kier molecular flexibility index (Phi) is 7.10. The zero-order valence-corrected chi connectivity index (χ0v) is 16.9. The molecule has 10 heteroatoms. The second kappa shape index (κ2) is 9.95. The largest absolute Gasteiger partial charge is 0.349 e. The number of rotatable bonds is 6. The molecule has 9 nitrogen and oxygen atoms in total. The number of carbonyl (C=O) groups excluding carboxylic acids is 2. The van der Waals surface area contributed by atoms with Crippen LogP contribution in [0, 0.1) is 17.2 Å². The molecule has 1 saturated heterocycles. The van der Waals surface area contributed by atoms with Gasteiger partial charge in [-0.1, -0.05) is 0 Å². The lowest BCUT2D eigenvalue weighted by Gasteiger charge is -2.31. The number of hydrogen-bond donors (Lipinski definition) is 2. The molecule has 2 aromatic heterocycles. The van der Waals surface area contributed by atoms with E-state index in [-0.39, 0.29) is 17.9 Å². The molecule has 1 unspecified atom stereocenters. The molecule has 152 valence electrons. The molecule has 1 fully saturated rings. The first-order valence-electron chi connectivity index (χ1n) is 9.36. The third-order valence-corrected chi connectivity index (χ3v) is 5.37. The van der Waals surface area contributed by atoms with Crippen molar-refractivity contribution in [2.75, 3.05) is 19.7 Å². The van der Waals surface area contributed by atoms with Crippen LogP contribution in [0.2, 0.25) is 0 Å². The van der Waals surface area contributed by atoms with E-state index >= 15 is 0 Å². The van der Waals surface area contributed by atoms with Crippen molar-refractivity contribution in [3.63, 3.8) is 0 Å². The van der Waals surface area contributed by atoms with Crippen LogP contribution in [0.15, 0.2) is 23.7 Å². The molecule has 0 aliphatic carbocycles. The third kappa shape index (κ3) is 5.49. The van der Waals surface area contributed by atoms with Crippen LogP contribution in [0.1, 0.15) is 30.5 Å². The number of urea groups is 1. The molecule has 1 aliphatic heterocycles. The number of carbonyl (C=O) groups is 2. The maximum Gasteiger partial charge on any atom is 0.341 e. The summed E-state index contributed by atoms with van der Waals surface area (Å²) in [5.41, 5.74) is 4.30. The van der Waals surface area contributed by atoms with Crippen LogP contribution in [0.3, 0.4) is 0 Å². The number of pyridine rings is 1. The number of nitrogens with one attached hydrogen (secondary N) is 2. The SMILES string of the molecule is CCONC(=O)N1CCCC(C(=O)NCc2nc(-c3ccc(C#N)nc3)cs2)C1. The summed E-state index contributed by atoms with van der Waals surface area (Å²) in [5.74, 6) is -0.339. The Morgan fingerprint density at radius 3 is 3.03 bits per heavy atom. The first-order chi connectivity index (χ1) is 14.1. The van der Waals surface area contributed by atoms with E-state index in [1.54, 1.807) is 30.2 Å². The van der Waals surface area contributed by atoms with Gasteiger partial charge in [-0.25, -0.2) is 20.2 Å². The molecule has 29 heavy (non-hydrogen) atoms. The van der Waals surface area contributed by atoms with Gasteiger partial charge in [0.15, 0.2) is 0 Å². The summed E-state index contributed by atoms with van der Waals surface area (Å²) in [7, 11) is 0. The summed E-state index contributed by atoms with van der Waals surface area (Å²) in [4.78, 5) is 39.6. The van der Waals surface area contributed by atoms with Gasteiger partial charge < -0.3 is 10.2 Å². The fourth-order valence-corrected chi connectivity index (χ4v) is 3.76. The number of amides is 3. The highest BCUT2D eigenvalue weighted by atomic mass is 32.1. The van der Waals surface area contributed by atoms with Gasteiger partial charge in [-0.3, -0.25) is 9.63 Å². The Labute approximate surface area is 172 Å². The third-order valence-electron chi connectivity index (χ3n) is 4.52. The molecule has 3 rings (SSSR count). The van der Waals surface area contributed by atoms with Crippen molar-refractivity contribution in [2.24, 2.45) is 5.92 Å². The van der Waals surface area contributed by atoms with E-state index in [0.29, 0.717) is 31.9 Å². The highest BCUT2D eigenvalue weighted by molar-refractivity contribution is 7.09. The van der Waals surface area contributed by atoms with E-state index in [1.807, 2.05) is 11.4 Å². The molecule has 0 radical (unpaired) electrons. The number of hydroxylamine groups is 1. The van der Waals surface area contributed by atoms with Gasteiger partial charge in [-0.2, -0.15) is 5.26 Å². The highest BCUT2D eigenvalue weighted by Gasteiger charge is 2.28. The lowest BCUT2D eigenvalue weighted by atomic mass is 9.97. The summed E-state index contributed by atoms with van der Waals surface area (Å²) >= 11 is 1.45. The van der Waals surface area contributed by atoms with Crippen molar-refractivity contribution < 1.29 is 14.4 Å². The maximum atomic E-state index is 12.5. The van der Waals surface area contributed by atoms with E-state index in [1.165, 1.54) is 11.3 Å². The van der Waals surface area contributed by atoms with Crippen molar-refractivity contribution in [1.29, 1.82) is 5.26 Å². The van der Waals surface area contributed by atoms with Crippen molar-refractivity contribution >= 4 is 23.3 Å². The fourth-order valence-electron chi connectivity index (χ4n) is 3.02. The first-order valence-corrected chi connectivity index (χ1v) is 10.2. The van der Waals surface area contributed by atoms with Gasteiger partial charge >= 0.3 is 6.03 Å². The van der Waals surface area contributed by atoms with Crippen LogP contribution in [-0.2, 0) is 16.2 Å². The van der Waals surface area contributed by atoms with Gasteiger partial charge in [0.2, 0.25) is 5.91 Å². The predicted octanol–water partition coefficient (Wildman–Crippen LogP) is 2.07. The quantitative estimate of drug-likeness (QED) is 0.698. The summed E-state index contributed by atoms with van der Waals surface area (Å²) in [6.07, 6.45) is 3.12. The van der Waals surface area contributed by atoms with Crippen molar-refractivity contribution in [3.8, 4) is 17.3 Å². The molecule has 0 saturated carbocycles. The molecule has 1 atom stereocenters. The van der Waals surface area contributed by atoms with Gasteiger partial charge in [0, 0.05) is 30.2 Å². The minimum Gasteiger partial charge on any atom is -0.349 e. The Hall–Kier alpha value is -3.03. The average molecular weight is 414 g/mol. The summed E-state index contributed by atoms with van der Waals surface area (Å²) in [6.45, 7) is 3.48. The van der Waals surface area contributed by atoms with Gasteiger partial charge in [0.05, 0.1) is 24.8 Å². The number of nitrogens with zero attached hydrogens (tertiary/aromatic N) is 4. The van der Waals surface area contributed by atoms with Crippen molar-refractivity contribution in [2.45, 2.75) is 26.3 Å². The number of hydrogen-bond acceptors (Lipinski definition) is 7. The lowest BCUT2D eigenvalue weighted by molar-refractivity contribution is -0.126. The number of thiazole rings is 1. The molecule has 3 amide bonds. The molecule has 2 aromatic rings. The van der Waals surface area contributed by atoms with E-state index in [0.717, 1.165) is 29.1 Å². The molecule has 2 N–H and O–H groups in total. The van der Waals surface area contributed by atoms with Gasteiger partial charge in [0.1, 0.15) is 16.8 Å². The molecule has 0 bridgehead atoms. The molecule has 0 aromatic carbocycles. The second-order valence-corrected chi connectivity index (χ2v) is 7.46. The van der Waals surface area contributed by atoms with E-state index in [2.05, 4.69) is 20.8 Å². The van der Waals surface area contributed by atoms with Crippen LogP contribution in [0.5, 0.6) is 0 Å². The lowest BCUT2D eigenvalue weighted by Crippen LogP contribution is -2.48. The minimum absolute atomic E-state index is 0.0873. The van der Waals surface area contributed by atoms with Crippen LogP contribution >= 0.6 is 11.3 Å². The fraction of sp³-hybridized carbons (Fsp3) is 0.421. The van der Waals surface area contributed by atoms with Crippen LogP contribution in [-0.4, -0.2) is 46.5 Å². The zero-order valence-electron chi connectivity index (χ0n) is 16.1. The molecular weight excluding hydrogens is 392 g/mol. The Morgan fingerprint density at radius 1 is 1.45 bits per heavy atom. The van der Waals surface area contributed by atoms with Gasteiger partial charge in [-0.15, -0.1) is 11.3 Å². The minimum atomic E-state index is -0.315. The molecular formula is C19H22N6O3S. The smallest absolute Gasteiger partial charge is 0.341 e. The maximum absolute atomic E-state index is 12.5. The number of piperidine rings is 1. The Morgan fingerprint density at radius 2 is 2.31 bits per heavy atom. The average Bonchev–Trinajstić information content (AvgIpc) is 3.25. The number of likely N-dealkylation sites (tertiary alicyclic amines) is 1. The predicted molar refractivity (Wildman–Crippen MR) is 106 cm³/mol.